The van der Waals surface area contributed by atoms with Gasteiger partial charge in [-0.15, -0.1) is 0 Å². The van der Waals surface area contributed by atoms with Crippen LogP contribution in [0.15, 0.2) is 60.8 Å². The summed E-state index contributed by atoms with van der Waals surface area (Å²) in [6.07, 6.45) is 1.57. The summed E-state index contributed by atoms with van der Waals surface area (Å²) in [6.45, 7) is 1.79. The summed E-state index contributed by atoms with van der Waals surface area (Å²) in [7, 11) is 1.16. The highest BCUT2D eigenvalue weighted by molar-refractivity contribution is 6.33. The molecule has 1 fully saturated rings. The standard InChI is InChI=1S/C31H25ClF2N4O4/c1-41-31(40)27(37-30(39)28-25(33)15-20(16-26(28)34)38-9-11-42-12-10-38)14-19-5-7-23(29-21(19)3-2-8-36-29)22-6-4-18(17-35)13-24(22)32/h2-8,13,15-16,27H,9-12,14H2,1H3,(H,37,39)/t27-/m0/s1. The SMILES string of the molecule is COC(=O)[C@H](Cc1ccc(-c2ccc(C#N)cc2Cl)c2ncccc12)NC(=O)c1c(F)cc(N2CCOCC2)cc1F. The number of methoxy groups -OCH3 is 1. The summed E-state index contributed by atoms with van der Waals surface area (Å²) in [5.74, 6) is -3.96. The fraction of sp³-hybridized carbons (Fsp3) is 0.226. The van der Waals surface area contributed by atoms with Crippen molar-refractivity contribution in [2.75, 3.05) is 38.3 Å². The van der Waals surface area contributed by atoms with E-state index < -0.39 is 35.1 Å². The van der Waals surface area contributed by atoms with Gasteiger partial charge in [0.1, 0.15) is 23.2 Å². The van der Waals surface area contributed by atoms with Gasteiger partial charge in [-0.25, -0.2) is 13.6 Å². The van der Waals surface area contributed by atoms with E-state index in [9.17, 15) is 14.9 Å². The Morgan fingerprint density at radius 2 is 1.83 bits per heavy atom. The van der Waals surface area contributed by atoms with Gasteiger partial charge in [-0.2, -0.15) is 5.26 Å². The number of benzene rings is 3. The van der Waals surface area contributed by atoms with Crippen LogP contribution in [0.1, 0.15) is 21.5 Å². The molecule has 1 N–H and O–H groups in total. The normalized spacial score (nSPS) is 13.8. The van der Waals surface area contributed by atoms with Crippen molar-refractivity contribution in [1.29, 1.82) is 5.26 Å². The van der Waals surface area contributed by atoms with Crippen LogP contribution in [0.2, 0.25) is 5.02 Å². The van der Waals surface area contributed by atoms with E-state index in [2.05, 4.69) is 16.4 Å². The highest BCUT2D eigenvalue weighted by Crippen LogP contribution is 2.35. The van der Waals surface area contributed by atoms with Crippen LogP contribution >= 0.6 is 11.6 Å². The Morgan fingerprint density at radius 3 is 2.50 bits per heavy atom. The second kappa shape index (κ2) is 12.5. The van der Waals surface area contributed by atoms with E-state index in [0.717, 1.165) is 19.2 Å². The minimum absolute atomic E-state index is 0.0446. The van der Waals surface area contributed by atoms with Crippen LogP contribution in [-0.2, 0) is 20.7 Å². The third-order valence-corrected chi connectivity index (χ3v) is 7.41. The number of amides is 1. The van der Waals surface area contributed by atoms with Crippen LogP contribution in [0, 0.1) is 23.0 Å². The monoisotopic (exact) mass is 590 g/mol. The highest BCUT2D eigenvalue weighted by atomic mass is 35.5. The number of halogens is 3. The van der Waals surface area contributed by atoms with E-state index in [-0.39, 0.29) is 6.42 Å². The molecule has 4 aromatic rings. The van der Waals surface area contributed by atoms with Crippen molar-refractivity contribution in [2.24, 2.45) is 0 Å². The average Bonchev–Trinajstić information content (AvgIpc) is 3.00. The maximum absolute atomic E-state index is 15.1. The number of pyridine rings is 1. The molecule has 1 aliphatic heterocycles. The van der Waals surface area contributed by atoms with Gasteiger partial charge >= 0.3 is 5.97 Å². The van der Waals surface area contributed by atoms with Crippen molar-refractivity contribution in [3.05, 3.63) is 94.1 Å². The van der Waals surface area contributed by atoms with E-state index in [1.165, 1.54) is 0 Å². The molecule has 42 heavy (non-hydrogen) atoms. The first kappa shape index (κ1) is 28.9. The number of ether oxygens (including phenoxy) is 2. The Hall–Kier alpha value is -4.59. The topological polar surface area (TPSA) is 105 Å². The molecule has 8 nitrogen and oxygen atoms in total. The van der Waals surface area contributed by atoms with E-state index in [1.54, 1.807) is 53.6 Å². The molecule has 1 saturated heterocycles. The minimum Gasteiger partial charge on any atom is -0.467 e. The third kappa shape index (κ3) is 5.88. The zero-order valence-electron chi connectivity index (χ0n) is 22.5. The number of aromatic nitrogens is 1. The van der Waals surface area contributed by atoms with E-state index in [0.29, 0.717) is 70.2 Å². The zero-order chi connectivity index (χ0) is 29.8. The molecule has 1 amide bonds. The van der Waals surface area contributed by atoms with Gasteiger partial charge in [-0.3, -0.25) is 9.78 Å². The van der Waals surface area contributed by atoms with Crippen LogP contribution in [0.5, 0.6) is 0 Å². The maximum atomic E-state index is 15.1. The number of anilines is 1. The number of nitriles is 1. The number of morpholine rings is 1. The molecule has 0 bridgehead atoms. The van der Waals surface area contributed by atoms with Crippen molar-refractivity contribution in [3.8, 4) is 17.2 Å². The smallest absolute Gasteiger partial charge is 0.328 e. The maximum Gasteiger partial charge on any atom is 0.328 e. The van der Waals surface area contributed by atoms with Crippen molar-refractivity contribution in [2.45, 2.75) is 12.5 Å². The molecule has 1 aliphatic rings. The summed E-state index contributed by atoms with van der Waals surface area (Å²) < 4.78 is 40.3. The Kier molecular flexibility index (Phi) is 8.61. The van der Waals surface area contributed by atoms with Gasteiger partial charge in [0.25, 0.3) is 5.91 Å². The molecule has 3 aromatic carbocycles. The first-order valence-electron chi connectivity index (χ1n) is 13.1. The number of hydrogen-bond donors (Lipinski definition) is 1. The lowest BCUT2D eigenvalue weighted by atomic mass is 9.94. The van der Waals surface area contributed by atoms with Crippen molar-refractivity contribution in [1.82, 2.24) is 10.3 Å². The molecule has 11 heteroatoms. The Balaban J connectivity index is 1.44. The first-order valence-corrected chi connectivity index (χ1v) is 13.5. The molecule has 0 aliphatic carbocycles. The predicted octanol–water partition coefficient (Wildman–Crippen LogP) is 5.06. The summed E-state index contributed by atoms with van der Waals surface area (Å²) in [5.41, 5.74) is 2.49. The second-order valence-corrected chi connectivity index (χ2v) is 10.0. The molecular weight excluding hydrogens is 566 g/mol. The number of carbonyl (C=O) groups is 2. The van der Waals surface area contributed by atoms with Gasteiger partial charge in [-0.1, -0.05) is 35.9 Å². The molecule has 214 valence electrons. The van der Waals surface area contributed by atoms with Crippen molar-refractivity contribution >= 4 is 40.1 Å². The largest absolute Gasteiger partial charge is 0.467 e. The molecule has 1 aromatic heterocycles. The first-order chi connectivity index (χ1) is 20.3. The summed E-state index contributed by atoms with van der Waals surface area (Å²) in [4.78, 5) is 32.1. The van der Waals surface area contributed by atoms with Gasteiger partial charge in [-0.05, 0) is 35.9 Å². The zero-order valence-corrected chi connectivity index (χ0v) is 23.3. The molecule has 0 unspecified atom stereocenters. The molecule has 1 atom stereocenters. The Bertz CT molecular complexity index is 1700. The summed E-state index contributed by atoms with van der Waals surface area (Å²) >= 11 is 6.47. The van der Waals surface area contributed by atoms with Gasteiger partial charge in [0.2, 0.25) is 0 Å². The number of fused-ring (bicyclic) bond motifs is 1. The van der Waals surface area contributed by atoms with Gasteiger partial charge in [0.05, 0.1) is 37.5 Å². The van der Waals surface area contributed by atoms with Gasteiger partial charge in [0.15, 0.2) is 0 Å². The highest BCUT2D eigenvalue weighted by Gasteiger charge is 2.28. The van der Waals surface area contributed by atoms with Crippen LogP contribution in [-0.4, -0.2) is 56.3 Å². The Labute approximate surface area is 245 Å². The van der Waals surface area contributed by atoms with Gasteiger partial charge in [0, 0.05) is 52.9 Å². The molecular formula is C31H25ClF2N4O4. The number of nitrogens with one attached hydrogen (secondary N) is 1. The lowest BCUT2D eigenvalue weighted by molar-refractivity contribution is -0.142. The lowest BCUT2D eigenvalue weighted by Gasteiger charge is -2.29. The number of esters is 1. The lowest BCUT2D eigenvalue weighted by Crippen LogP contribution is -2.43. The van der Waals surface area contributed by atoms with Gasteiger partial charge < -0.3 is 19.7 Å². The number of carbonyl (C=O) groups excluding carboxylic acids is 2. The fourth-order valence-electron chi connectivity index (χ4n) is 5.00. The molecule has 0 radical (unpaired) electrons. The number of nitrogens with zero attached hydrogens (tertiary/aromatic N) is 3. The van der Waals surface area contributed by atoms with Crippen LogP contribution in [0.25, 0.3) is 22.0 Å². The summed E-state index contributed by atoms with van der Waals surface area (Å²) in [6, 6.07) is 15.0. The molecule has 5 rings (SSSR count). The van der Waals surface area contributed by atoms with E-state index in [1.807, 2.05) is 0 Å². The predicted molar refractivity (Wildman–Crippen MR) is 153 cm³/mol. The quantitative estimate of drug-likeness (QED) is 0.300. The molecule has 2 heterocycles. The molecule has 0 saturated carbocycles. The second-order valence-electron chi connectivity index (χ2n) is 9.62. The fourth-order valence-corrected chi connectivity index (χ4v) is 5.28. The Morgan fingerprint density at radius 1 is 1.12 bits per heavy atom. The molecule has 0 spiro atoms. The summed E-state index contributed by atoms with van der Waals surface area (Å²) in [5, 5.41) is 12.7. The van der Waals surface area contributed by atoms with E-state index in [4.69, 9.17) is 21.1 Å². The van der Waals surface area contributed by atoms with E-state index >= 15 is 8.78 Å². The van der Waals surface area contributed by atoms with Crippen LogP contribution < -0.4 is 10.2 Å². The minimum atomic E-state index is -1.26. The average molecular weight is 591 g/mol. The number of rotatable bonds is 7. The number of hydrogen-bond acceptors (Lipinski definition) is 7. The van der Waals surface area contributed by atoms with Crippen LogP contribution in [0.4, 0.5) is 14.5 Å². The van der Waals surface area contributed by atoms with Crippen LogP contribution in [0.3, 0.4) is 0 Å². The van der Waals surface area contributed by atoms with Crippen molar-refractivity contribution in [3.63, 3.8) is 0 Å². The van der Waals surface area contributed by atoms with Crippen molar-refractivity contribution < 1.29 is 27.8 Å². The third-order valence-electron chi connectivity index (χ3n) is 7.09.